The lowest BCUT2D eigenvalue weighted by atomic mass is 10.2. The van der Waals surface area contributed by atoms with E-state index >= 15 is 0 Å². The second-order valence-corrected chi connectivity index (χ2v) is 4.02. The molecule has 0 spiro atoms. The maximum absolute atomic E-state index is 11.2. The molecule has 1 atom stereocenters. The highest BCUT2D eigenvalue weighted by Gasteiger charge is 2.20. The third-order valence-corrected chi connectivity index (χ3v) is 2.52. The van der Waals surface area contributed by atoms with E-state index in [1.807, 2.05) is 18.3 Å². The number of hydrogen-bond donors (Lipinski definition) is 1. The first kappa shape index (κ1) is 10.4. The van der Waals surface area contributed by atoms with E-state index in [2.05, 4.69) is 17.3 Å². The van der Waals surface area contributed by atoms with Crippen molar-refractivity contribution < 1.29 is 4.79 Å². The van der Waals surface area contributed by atoms with Gasteiger partial charge in [0.15, 0.2) is 0 Å². The van der Waals surface area contributed by atoms with Crippen LogP contribution in [0.2, 0.25) is 0 Å². The highest BCUT2D eigenvalue weighted by atomic mass is 32.2. The SMILES string of the molecule is CSCC(=O)NC1=NN(C)C(C)C1. The summed E-state index contributed by atoms with van der Waals surface area (Å²) in [6.07, 6.45) is 2.74. The summed E-state index contributed by atoms with van der Waals surface area (Å²) in [5.74, 6) is 1.32. The van der Waals surface area contributed by atoms with Gasteiger partial charge in [-0.25, -0.2) is 0 Å². The molecule has 74 valence electrons. The summed E-state index contributed by atoms with van der Waals surface area (Å²) >= 11 is 1.51. The molecule has 1 amide bonds. The van der Waals surface area contributed by atoms with E-state index in [-0.39, 0.29) is 5.91 Å². The van der Waals surface area contributed by atoms with Gasteiger partial charge in [0.2, 0.25) is 5.91 Å². The Balaban J connectivity index is 2.39. The predicted molar refractivity (Wildman–Crippen MR) is 55.8 cm³/mol. The van der Waals surface area contributed by atoms with Gasteiger partial charge in [-0.1, -0.05) is 0 Å². The smallest absolute Gasteiger partial charge is 0.235 e. The minimum absolute atomic E-state index is 0.0359. The second kappa shape index (κ2) is 4.50. The fourth-order valence-corrected chi connectivity index (χ4v) is 1.48. The van der Waals surface area contributed by atoms with Crippen molar-refractivity contribution in [1.82, 2.24) is 10.3 Å². The van der Waals surface area contributed by atoms with E-state index in [4.69, 9.17) is 0 Å². The van der Waals surface area contributed by atoms with Gasteiger partial charge < -0.3 is 5.32 Å². The fourth-order valence-electron chi connectivity index (χ4n) is 1.15. The lowest BCUT2D eigenvalue weighted by Gasteiger charge is -2.11. The molecule has 4 nitrogen and oxygen atoms in total. The molecular weight excluding hydrogens is 186 g/mol. The van der Waals surface area contributed by atoms with Gasteiger partial charge in [-0.2, -0.15) is 16.9 Å². The molecule has 1 aliphatic rings. The number of nitrogens with one attached hydrogen (secondary N) is 1. The molecule has 0 aliphatic carbocycles. The van der Waals surface area contributed by atoms with E-state index in [0.29, 0.717) is 11.8 Å². The van der Waals surface area contributed by atoms with Crippen LogP contribution in [0.5, 0.6) is 0 Å². The van der Waals surface area contributed by atoms with Crippen molar-refractivity contribution in [2.24, 2.45) is 5.10 Å². The van der Waals surface area contributed by atoms with E-state index < -0.39 is 0 Å². The van der Waals surface area contributed by atoms with Crippen LogP contribution >= 0.6 is 11.8 Å². The molecule has 1 N–H and O–H groups in total. The zero-order chi connectivity index (χ0) is 9.84. The van der Waals surface area contributed by atoms with E-state index in [1.54, 1.807) is 0 Å². The van der Waals surface area contributed by atoms with Crippen molar-refractivity contribution in [3.8, 4) is 0 Å². The lowest BCUT2D eigenvalue weighted by Crippen LogP contribution is -2.31. The molecule has 0 aromatic rings. The van der Waals surface area contributed by atoms with Crippen molar-refractivity contribution in [3.63, 3.8) is 0 Å². The molecule has 0 saturated carbocycles. The van der Waals surface area contributed by atoms with Crippen molar-refractivity contribution in [2.45, 2.75) is 19.4 Å². The maximum Gasteiger partial charge on any atom is 0.235 e. The van der Waals surface area contributed by atoms with Crippen molar-refractivity contribution >= 4 is 23.5 Å². The highest BCUT2D eigenvalue weighted by Crippen LogP contribution is 2.10. The number of carbonyl (C=O) groups excluding carboxylic acids is 1. The second-order valence-electron chi connectivity index (χ2n) is 3.15. The predicted octanol–water partition coefficient (Wildman–Crippen LogP) is 0.503. The van der Waals surface area contributed by atoms with Gasteiger partial charge in [0, 0.05) is 13.5 Å². The number of carbonyl (C=O) groups is 1. The Kier molecular flexibility index (Phi) is 3.59. The summed E-state index contributed by atoms with van der Waals surface area (Å²) < 4.78 is 0. The summed E-state index contributed by atoms with van der Waals surface area (Å²) in [5, 5.41) is 8.86. The van der Waals surface area contributed by atoms with Crippen LogP contribution < -0.4 is 5.32 Å². The summed E-state index contributed by atoms with van der Waals surface area (Å²) in [7, 11) is 1.92. The van der Waals surface area contributed by atoms with Crippen LogP contribution in [0.4, 0.5) is 0 Å². The minimum atomic E-state index is 0.0359. The van der Waals surface area contributed by atoms with Crippen LogP contribution in [0.25, 0.3) is 0 Å². The number of hydrazone groups is 1. The molecule has 5 heteroatoms. The third kappa shape index (κ3) is 2.91. The van der Waals surface area contributed by atoms with Crippen molar-refractivity contribution in [1.29, 1.82) is 0 Å². The van der Waals surface area contributed by atoms with Crippen LogP contribution in [0.1, 0.15) is 13.3 Å². The topological polar surface area (TPSA) is 44.7 Å². The maximum atomic E-state index is 11.2. The van der Waals surface area contributed by atoms with E-state index in [9.17, 15) is 4.79 Å². The Bertz CT molecular complexity index is 229. The van der Waals surface area contributed by atoms with Gasteiger partial charge in [-0.3, -0.25) is 9.80 Å². The lowest BCUT2D eigenvalue weighted by molar-refractivity contribution is -0.117. The molecule has 1 unspecified atom stereocenters. The largest absolute Gasteiger partial charge is 0.312 e. The fraction of sp³-hybridized carbons (Fsp3) is 0.750. The summed E-state index contributed by atoms with van der Waals surface area (Å²) in [6, 6.07) is 0.393. The normalized spacial score (nSPS) is 21.6. The van der Waals surface area contributed by atoms with E-state index in [1.165, 1.54) is 11.8 Å². The van der Waals surface area contributed by atoms with Crippen LogP contribution in [-0.2, 0) is 4.79 Å². The van der Waals surface area contributed by atoms with Gasteiger partial charge in [0.25, 0.3) is 0 Å². The number of thioether (sulfide) groups is 1. The molecule has 1 rings (SSSR count). The Morgan fingerprint density at radius 3 is 3.00 bits per heavy atom. The summed E-state index contributed by atoms with van der Waals surface area (Å²) in [6.45, 7) is 2.08. The highest BCUT2D eigenvalue weighted by molar-refractivity contribution is 7.99. The number of nitrogens with zero attached hydrogens (tertiary/aromatic N) is 2. The summed E-state index contributed by atoms with van der Waals surface area (Å²) in [5.41, 5.74) is 0. The minimum Gasteiger partial charge on any atom is -0.312 e. The molecular formula is C8H15N3OS. The first-order valence-electron chi connectivity index (χ1n) is 4.22. The molecule has 1 heterocycles. The number of amidine groups is 1. The molecule has 0 radical (unpaired) electrons. The number of hydrogen-bond acceptors (Lipinski definition) is 4. The number of rotatable bonds is 2. The molecule has 13 heavy (non-hydrogen) atoms. The molecule has 0 aromatic heterocycles. The monoisotopic (exact) mass is 201 g/mol. The molecule has 0 aromatic carbocycles. The van der Waals surface area contributed by atoms with Gasteiger partial charge in [-0.05, 0) is 13.2 Å². The van der Waals surface area contributed by atoms with Crippen LogP contribution in [0, 0.1) is 0 Å². The van der Waals surface area contributed by atoms with Gasteiger partial charge in [-0.15, -0.1) is 0 Å². The van der Waals surface area contributed by atoms with Crippen molar-refractivity contribution in [2.75, 3.05) is 19.1 Å². The molecule has 0 fully saturated rings. The van der Waals surface area contributed by atoms with Crippen LogP contribution in [0.3, 0.4) is 0 Å². The van der Waals surface area contributed by atoms with Crippen LogP contribution in [-0.4, -0.2) is 41.8 Å². The van der Waals surface area contributed by atoms with Crippen LogP contribution in [0.15, 0.2) is 5.10 Å². The average molecular weight is 201 g/mol. The average Bonchev–Trinajstić information content (AvgIpc) is 2.31. The van der Waals surface area contributed by atoms with Gasteiger partial charge in [0.05, 0.1) is 11.8 Å². The first-order chi connectivity index (χ1) is 6.13. The Hall–Kier alpha value is -0.710. The van der Waals surface area contributed by atoms with Crippen molar-refractivity contribution in [3.05, 3.63) is 0 Å². The quantitative estimate of drug-likeness (QED) is 0.707. The third-order valence-electron chi connectivity index (χ3n) is 1.96. The number of amides is 1. The zero-order valence-electron chi connectivity index (χ0n) is 8.20. The molecule has 1 aliphatic heterocycles. The first-order valence-corrected chi connectivity index (χ1v) is 5.62. The Morgan fingerprint density at radius 2 is 2.54 bits per heavy atom. The molecule has 0 saturated heterocycles. The Morgan fingerprint density at radius 1 is 1.85 bits per heavy atom. The van der Waals surface area contributed by atoms with Gasteiger partial charge in [0.1, 0.15) is 5.84 Å². The Labute approximate surface area is 82.7 Å². The summed E-state index contributed by atoms with van der Waals surface area (Å²) in [4.78, 5) is 11.2. The standard InChI is InChI=1S/C8H15N3OS/c1-6-4-7(10-11(6)2)9-8(12)5-13-3/h6H,4-5H2,1-3H3,(H,9,10,12). The van der Waals surface area contributed by atoms with Gasteiger partial charge >= 0.3 is 0 Å². The zero-order valence-corrected chi connectivity index (χ0v) is 9.02. The molecule has 0 bridgehead atoms. The van der Waals surface area contributed by atoms with E-state index in [0.717, 1.165) is 12.3 Å².